The summed E-state index contributed by atoms with van der Waals surface area (Å²) in [6.45, 7) is 7.19. The number of nitrogens with two attached hydrogens (primary N) is 1. The summed E-state index contributed by atoms with van der Waals surface area (Å²) in [5.74, 6) is 1.04. The van der Waals surface area contributed by atoms with E-state index >= 15 is 0 Å². The van der Waals surface area contributed by atoms with Gasteiger partial charge in [0.25, 0.3) is 0 Å². The highest BCUT2D eigenvalue weighted by Gasteiger charge is 2.23. The Labute approximate surface area is 115 Å². The summed E-state index contributed by atoms with van der Waals surface area (Å²) in [6.07, 6.45) is 5.24. The van der Waals surface area contributed by atoms with Crippen LogP contribution in [0.15, 0.2) is 21.8 Å². The lowest BCUT2D eigenvalue weighted by Gasteiger charge is -2.20. The number of nitrogens with zero attached hydrogens (tertiary/aromatic N) is 2. The molecule has 1 aliphatic heterocycles. The molecule has 0 spiro atoms. The van der Waals surface area contributed by atoms with Crippen LogP contribution in [0.3, 0.4) is 0 Å². The highest BCUT2D eigenvalue weighted by molar-refractivity contribution is 5.99. The maximum absolute atomic E-state index is 13.9. The lowest BCUT2D eigenvalue weighted by molar-refractivity contribution is 0.265. The summed E-state index contributed by atoms with van der Waals surface area (Å²) in [5, 5.41) is 2.99. The van der Waals surface area contributed by atoms with E-state index in [1.165, 1.54) is 13.8 Å². The van der Waals surface area contributed by atoms with Crippen LogP contribution in [0.25, 0.3) is 0 Å². The summed E-state index contributed by atoms with van der Waals surface area (Å²) < 4.78 is 13.9. The fraction of sp³-hybridized carbons (Fsp3) is 0.714. The van der Waals surface area contributed by atoms with Crippen LogP contribution >= 0.6 is 0 Å². The second kappa shape index (κ2) is 6.68. The first-order valence-corrected chi connectivity index (χ1v) is 6.94. The zero-order valence-electron chi connectivity index (χ0n) is 12.3. The fourth-order valence-corrected chi connectivity index (χ4v) is 1.92. The molecule has 0 amide bonds. The minimum absolute atomic E-state index is 0.210. The highest BCUT2D eigenvalue weighted by Crippen LogP contribution is 2.23. The van der Waals surface area contributed by atoms with Crippen molar-refractivity contribution in [2.24, 2.45) is 15.7 Å². The van der Waals surface area contributed by atoms with Crippen LogP contribution in [0.2, 0.25) is 0 Å². The van der Waals surface area contributed by atoms with Gasteiger partial charge in [-0.25, -0.2) is 9.38 Å². The molecule has 108 valence electrons. The average molecular weight is 268 g/mol. The molecule has 0 saturated heterocycles. The summed E-state index contributed by atoms with van der Waals surface area (Å²) in [4.78, 5) is 8.74. The van der Waals surface area contributed by atoms with E-state index in [0.29, 0.717) is 18.2 Å². The second-order valence-corrected chi connectivity index (χ2v) is 5.27. The van der Waals surface area contributed by atoms with Crippen molar-refractivity contribution < 1.29 is 4.39 Å². The second-order valence-electron chi connectivity index (χ2n) is 5.27. The molecule has 0 aromatic heterocycles. The number of guanidine groups is 1. The molecule has 19 heavy (non-hydrogen) atoms. The zero-order valence-corrected chi connectivity index (χ0v) is 12.3. The van der Waals surface area contributed by atoms with Crippen molar-refractivity contribution in [1.82, 2.24) is 5.32 Å². The topological polar surface area (TPSA) is 62.8 Å². The molecule has 0 bridgehead atoms. The molecule has 0 aromatic rings. The van der Waals surface area contributed by atoms with E-state index in [1.807, 2.05) is 0 Å². The van der Waals surface area contributed by atoms with E-state index in [0.717, 1.165) is 25.1 Å². The molecule has 0 aliphatic carbocycles. The molecule has 5 heteroatoms. The van der Waals surface area contributed by atoms with Crippen LogP contribution in [0.5, 0.6) is 0 Å². The smallest absolute Gasteiger partial charge is 0.199 e. The molecule has 1 rings (SSSR count). The van der Waals surface area contributed by atoms with E-state index < -0.39 is 5.67 Å². The molecular formula is C14H25FN4. The van der Waals surface area contributed by atoms with Crippen molar-refractivity contribution in [2.45, 2.75) is 65.1 Å². The number of aliphatic imine (C=N–C) groups is 2. The van der Waals surface area contributed by atoms with Crippen molar-refractivity contribution in [3.63, 3.8) is 0 Å². The Morgan fingerprint density at radius 2 is 2.11 bits per heavy atom. The third-order valence-corrected chi connectivity index (χ3v) is 3.12. The van der Waals surface area contributed by atoms with Gasteiger partial charge in [-0.2, -0.15) is 0 Å². The first-order chi connectivity index (χ1) is 8.86. The van der Waals surface area contributed by atoms with Crippen molar-refractivity contribution in [2.75, 3.05) is 0 Å². The fourth-order valence-electron chi connectivity index (χ4n) is 1.92. The molecule has 1 heterocycles. The first kappa shape index (κ1) is 15.7. The van der Waals surface area contributed by atoms with Gasteiger partial charge in [-0.3, -0.25) is 4.99 Å². The molecule has 0 unspecified atom stereocenters. The van der Waals surface area contributed by atoms with E-state index in [-0.39, 0.29) is 5.96 Å². The first-order valence-electron chi connectivity index (χ1n) is 6.94. The molecule has 0 saturated carbocycles. The number of rotatable bonds is 4. The summed E-state index contributed by atoms with van der Waals surface area (Å²) in [5.41, 5.74) is 4.69. The molecule has 0 fully saturated rings. The summed E-state index contributed by atoms with van der Waals surface area (Å²) in [6, 6.07) is 0.302. The quantitative estimate of drug-likeness (QED) is 0.823. The Bertz CT molecular complexity index is 387. The minimum Gasteiger partial charge on any atom is -0.369 e. The average Bonchev–Trinajstić information content (AvgIpc) is 2.29. The van der Waals surface area contributed by atoms with E-state index in [9.17, 15) is 4.39 Å². The molecular weight excluding hydrogens is 243 g/mol. The van der Waals surface area contributed by atoms with Crippen LogP contribution in [0.1, 0.15) is 53.4 Å². The van der Waals surface area contributed by atoms with Gasteiger partial charge >= 0.3 is 0 Å². The molecule has 3 N–H and O–H groups in total. The summed E-state index contributed by atoms with van der Waals surface area (Å²) >= 11 is 0. The van der Waals surface area contributed by atoms with Gasteiger partial charge in [-0.05, 0) is 33.1 Å². The van der Waals surface area contributed by atoms with Crippen molar-refractivity contribution in [3.8, 4) is 0 Å². The van der Waals surface area contributed by atoms with Crippen molar-refractivity contribution in [3.05, 3.63) is 11.8 Å². The minimum atomic E-state index is -1.48. The van der Waals surface area contributed by atoms with Gasteiger partial charge in [0.15, 0.2) is 5.96 Å². The zero-order chi connectivity index (χ0) is 14.5. The number of nitrogens with one attached hydrogen (secondary N) is 1. The lowest BCUT2D eigenvalue weighted by Crippen LogP contribution is -2.39. The Morgan fingerprint density at radius 3 is 2.63 bits per heavy atom. The standard InChI is InChI=1S/C14H25FN4/c1-5-10(6-2)17-12-9-7-8-11(14(3,4)15)18-13(16)19-12/h8,10H,5-7,9H2,1-4H3,(H3,16,17,18,19). The summed E-state index contributed by atoms with van der Waals surface area (Å²) in [7, 11) is 0. The van der Waals surface area contributed by atoms with Crippen LogP contribution in [0.4, 0.5) is 4.39 Å². The van der Waals surface area contributed by atoms with E-state index in [4.69, 9.17) is 5.73 Å². The van der Waals surface area contributed by atoms with Crippen molar-refractivity contribution in [1.29, 1.82) is 0 Å². The van der Waals surface area contributed by atoms with E-state index in [2.05, 4.69) is 29.1 Å². The third kappa shape index (κ3) is 5.01. The molecule has 0 atom stereocenters. The number of allylic oxidation sites excluding steroid dienone is 2. The Balaban J connectivity index is 2.87. The van der Waals surface area contributed by atoms with Crippen LogP contribution in [0, 0.1) is 0 Å². The number of halogens is 1. The maximum atomic E-state index is 13.9. The molecule has 0 aromatic carbocycles. The normalized spacial score (nSPS) is 19.6. The Morgan fingerprint density at radius 1 is 1.47 bits per heavy atom. The molecule has 0 radical (unpaired) electrons. The Kier molecular flexibility index (Phi) is 5.51. The van der Waals surface area contributed by atoms with E-state index in [1.54, 1.807) is 6.08 Å². The number of hydrogen-bond acceptors (Lipinski definition) is 3. The predicted octanol–water partition coefficient (Wildman–Crippen LogP) is 2.90. The number of amidine groups is 1. The van der Waals surface area contributed by atoms with Gasteiger partial charge in [-0.1, -0.05) is 19.9 Å². The van der Waals surface area contributed by atoms with Crippen molar-refractivity contribution >= 4 is 11.8 Å². The highest BCUT2D eigenvalue weighted by atomic mass is 19.1. The predicted molar refractivity (Wildman–Crippen MR) is 79.1 cm³/mol. The molecule has 1 aliphatic rings. The van der Waals surface area contributed by atoms with Gasteiger partial charge in [0, 0.05) is 6.42 Å². The monoisotopic (exact) mass is 268 g/mol. The lowest BCUT2D eigenvalue weighted by atomic mass is 10.1. The van der Waals surface area contributed by atoms with Gasteiger partial charge < -0.3 is 11.1 Å². The number of hydrogen-bond donors (Lipinski definition) is 2. The van der Waals surface area contributed by atoms with Gasteiger partial charge in [0.05, 0.1) is 11.7 Å². The number of alkyl halides is 1. The van der Waals surface area contributed by atoms with Gasteiger partial charge in [-0.15, -0.1) is 0 Å². The van der Waals surface area contributed by atoms with Gasteiger partial charge in [0.2, 0.25) is 0 Å². The van der Waals surface area contributed by atoms with Gasteiger partial charge in [0.1, 0.15) is 11.5 Å². The Hall–Kier alpha value is -1.39. The third-order valence-electron chi connectivity index (χ3n) is 3.12. The maximum Gasteiger partial charge on any atom is 0.199 e. The van der Waals surface area contributed by atoms with Crippen LogP contribution in [-0.4, -0.2) is 23.5 Å². The molecule has 4 nitrogen and oxygen atoms in total. The largest absolute Gasteiger partial charge is 0.369 e. The van der Waals surface area contributed by atoms with Crippen LogP contribution < -0.4 is 11.1 Å². The SMILES string of the molecule is CCC(CC)N=C1CCC=C(C(C)(C)F)N=C(N)N1. The van der Waals surface area contributed by atoms with Crippen LogP contribution in [-0.2, 0) is 0 Å².